The normalized spacial score (nSPS) is 10.8. The Morgan fingerprint density at radius 1 is 1.50 bits per heavy atom. The molecule has 0 aliphatic rings. The van der Waals surface area contributed by atoms with E-state index >= 15 is 0 Å². The van der Waals surface area contributed by atoms with E-state index in [-0.39, 0.29) is 10.5 Å². The monoisotopic (exact) mass is 238 g/mol. The number of carboxylic acids is 1. The van der Waals surface area contributed by atoms with Crippen LogP contribution in [-0.4, -0.2) is 25.2 Å². The number of rotatable bonds is 3. The van der Waals surface area contributed by atoms with Crippen molar-refractivity contribution in [3.63, 3.8) is 0 Å². The first-order chi connectivity index (χ1) is 7.38. The van der Waals surface area contributed by atoms with E-state index in [0.29, 0.717) is 5.56 Å². The van der Waals surface area contributed by atoms with Crippen LogP contribution in [0.15, 0.2) is 23.1 Å². The summed E-state index contributed by atoms with van der Waals surface area (Å²) in [5.74, 6) is 0.442. The zero-order chi connectivity index (χ0) is 12.3. The summed E-state index contributed by atoms with van der Waals surface area (Å²) in [6.45, 7) is 1.60. The van der Waals surface area contributed by atoms with Crippen LogP contribution < -0.4 is 0 Å². The molecule has 0 unspecified atom stereocenters. The number of aromatic carboxylic acids is 1. The van der Waals surface area contributed by atoms with Gasteiger partial charge in [-0.3, -0.25) is 0 Å². The molecule has 0 saturated heterocycles. The Morgan fingerprint density at radius 2 is 2.12 bits per heavy atom. The Kier molecular flexibility index (Phi) is 3.35. The first kappa shape index (κ1) is 12.3. The molecule has 0 amide bonds. The smallest absolute Gasteiger partial charge is 0.335 e. The van der Waals surface area contributed by atoms with Crippen molar-refractivity contribution in [2.24, 2.45) is 0 Å². The number of hydrogen-bond acceptors (Lipinski definition) is 3. The zero-order valence-corrected chi connectivity index (χ0v) is 9.41. The number of terminal acetylenes is 1. The fraction of sp³-hybridized carbons (Fsp3) is 0.182. The second-order valence-electron chi connectivity index (χ2n) is 3.25. The van der Waals surface area contributed by atoms with Gasteiger partial charge in [-0.05, 0) is 24.6 Å². The van der Waals surface area contributed by atoms with Crippen LogP contribution >= 0.6 is 0 Å². The fourth-order valence-corrected chi connectivity index (χ4v) is 2.18. The van der Waals surface area contributed by atoms with Gasteiger partial charge in [-0.2, -0.15) is 0 Å². The maximum Gasteiger partial charge on any atom is 0.335 e. The van der Waals surface area contributed by atoms with Crippen LogP contribution in [0.3, 0.4) is 0 Å². The van der Waals surface area contributed by atoms with Crippen LogP contribution in [0.5, 0.6) is 0 Å². The Morgan fingerprint density at radius 3 is 2.62 bits per heavy atom. The Balaban J connectivity index is 3.35. The van der Waals surface area contributed by atoms with Gasteiger partial charge in [0.05, 0.1) is 10.5 Å². The molecule has 0 spiro atoms. The van der Waals surface area contributed by atoms with Gasteiger partial charge >= 0.3 is 5.97 Å². The molecule has 4 nitrogen and oxygen atoms in total. The molecule has 0 fully saturated rings. The summed E-state index contributed by atoms with van der Waals surface area (Å²) in [7, 11) is -3.58. The second-order valence-corrected chi connectivity index (χ2v) is 5.23. The third kappa shape index (κ3) is 2.41. The van der Waals surface area contributed by atoms with Gasteiger partial charge in [-0.1, -0.05) is 12.0 Å². The van der Waals surface area contributed by atoms with Gasteiger partial charge in [0, 0.05) is 0 Å². The summed E-state index contributed by atoms with van der Waals surface area (Å²) in [6, 6.07) is 3.94. The van der Waals surface area contributed by atoms with E-state index in [4.69, 9.17) is 11.5 Å². The van der Waals surface area contributed by atoms with Gasteiger partial charge in [-0.25, -0.2) is 13.2 Å². The molecule has 0 heterocycles. The van der Waals surface area contributed by atoms with Gasteiger partial charge in [0.25, 0.3) is 0 Å². The van der Waals surface area contributed by atoms with Crippen LogP contribution in [0, 0.1) is 19.3 Å². The van der Waals surface area contributed by atoms with E-state index < -0.39 is 21.6 Å². The Hall–Kier alpha value is -1.80. The minimum absolute atomic E-state index is 0.0295. The molecule has 5 heteroatoms. The summed E-state index contributed by atoms with van der Waals surface area (Å²) >= 11 is 0. The maximum atomic E-state index is 11.6. The molecule has 0 aliphatic carbocycles. The van der Waals surface area contributed by atoms with Crippen molar-refractivity contribution in [2.45, 2.75) is 11.8 Å². The molecular formula is C11H10O4S. The first-order valence-corrected chi connectivity index (χ1v) is 6.04. The Bertz CT molecular complexity index is 564. The molecular weight excluding hydrogens is 228 g/mol. The summed E-state index contributed by atoms with van der Waals surface area (Å²) in [4.78, 5) is 10.8. The van der Waals surface area contributed by atoms with E-state index in [1.165, 1.54) is 12.1 Å². The topological polar surface area (TPSA) is 71.4 Å². The average molecular weight is 238 g/mol. The minimum atomic E-state index is -3.58. The summed E-state index contributed by atoms with van der Waals surface area (Å²) < 4.78 is 23.2. The van der Waals surface area contributed by atoms with Crippen molar-refractivity contribution in [3.8, 4) is 12.3 Å². The fourth-order valence-electron chi connectivity index (χ4n) is 1.22. The number of hydrogen-bond donors (Lipinski definition) is 1. The van der Waals surface area contributed by atoms with Gasteiger partial charge in [0.2, 0.25) is 0 Å². The van der Waals surface area contributed by atoms with Gasteiger partial charge in [0.15, 0.2) is 9.84 Å². The lowest BCUT2D eigenvalue weighted by Crippen LogP contribution is -2.08. The van der Waals surface area contributed by atoms with Crippen molar-refractivity contribution in [1.29, 1.82) is 0 Å². The molecule has 1 aromatic carbocycles. The molecule has 1 N–H and O–H groups in total. The average Bonchev–Trinajstić information content (AvgIpc) is 2.17. The van der Waals surface area contributed by atoms with Crippen LogP contribution in [-0.2, 0) is 9.84 Å². The molecule has 1 aromatic rings. The van der Waals surface area contributed by atoms with Crippen molar-refractivity contribution in [1.82, 2.24) is 0 Å². The second kappa shape index (κ2) is 4.37. The quantitative estimate of drug-likeness (QED) is 0.800. The molecule has 0 radical (unpaired) electrons. The lowest BCUT2D eigenvalue weighted by molar-refractivity contribution is 0.0696. The Labute approximate surface area is 93.8 Å². The first-order valence-electron chi connectivity index (χ1n) is 4.38. The molecule has 0 aliphatic heterocycles. The minimum Gasteiger partial charge on any atom is -0.478 e. The highest BCUT2D eigenvalue weighted by molar-refractivity contribution is 7.91. The van der Waals surface area contributed by atoms with Crippen molar-refractivity contribution in [3.05, 3.63) is 29.3 Å². The molecule has 1 rings (SSSR count). The number of benzene rings is 1. The highest BCUT2D eigenvalue weighted by atomic mass is 32.2. The van der Waals surface area contributed by atoms with Gasteiger partial charge in [-0.15, -0.1) is 6.42 Å². The largest absolute Gasteiger partial charge is 0.478 e. The van der Waals surface area contributed by atoms with Gasteiger partial charge < -0.3 is 5.11 Å². The molecule has 0 saturated carbocycles. The summed E-state index contributed by atoms with van der Waals surface area (Å²) in [6.07, 6.45) is 4.93. The molecule has 0 bridgehead atoms. The predicted molar refractivity (Wildman–Crippen MR) is 59.0 cm³/mol. The van der Waals surface area contributed by atoms with E-state index in [0.717, 1.165) is 6.07 Å². The SMILES string of the molecule is C#CCS(=O)(=O)c1ccc(C)c(C(=O)O)c1. The predicted octanol–water partition coefficient (Wildman–Crippen LogP) is 1.10. The highest BCUT2D eigenvalue weighted by Crippen LogP contribution is 2.16. The van der Waals surface area contributed by atoms with E-state index in [1.54, 1.807) is 6.92 Å². The number of carboxylic acid groups (broad SMARTS) is 1. The third-order valence-corrected chi connectivity index (χ3v) is 3.59. The van der Waals surface area contributed by atoms with Gasteiger partial charge in [0.1, 0.15) is 5.75 Å². The molecule has 0 atom stereocenters. The van der Waals surface area contributed by atoms with Crippen LogP contribution in [0.25, 0.3) is 0 Å². The summed E-state index contributed by atoms with van der Waals surface area (Å²) in [5.41, 5.74) is 0.477. The van der Waals surface area contributed by atoms with E-state index in [1.807, 2.05) is 5.92 Å². The third-order valence-electron chi connectivity index (χ3n) is 2.07. The van der Waals surface area contributed by atoms with Crippen LogP contribution in [0.2, 0.25) is 0 Å². The molecule has 16 heavy (non-hydrogen) atoms. The molecule has 0 aromatic heterocycles. The van der Waals surface area contributed by atoms with Crippen LogP contribution in [0.1, 0.15) is 15.9 Å². The van der Waals surface area contributed by atoms with Crippen molar-refractivity contribution < 1.29 is 18.3 Å². The standard InChI is InChI=1S/C11H10O4S/c1-3-6-16(14,15)9-5-4-8(2)10(7-9)11(12)13/h1,4-5,7H,6H2,2H3,(H,12,13). The van der Waals surface area contributed by atoms with E-state index in [2.05, 4.69) is 0 Å². The van der Waals surface area contributed by atoms with Crippen molar-refractivity contribution in [2.75, 3.05) is 5.75 Å². The van der Waals surface area contributed by atoms with Crippen LogP contribution in [0.4, 0.5) is 0 Å². The van der Waals surface area contributed by atoms with Crippen molar-refractivity contribution >= 4 is 15.8 Å². The lowest BCUT2D eigenvalue weighted by atomic mass is 10.1. The highest BCUT2D eigenvalue weighted by Gasteiger charge is 2.16. The number of aryl methyl sites for hydroxylation is 1. The zero-order valence-electron chi connectivity index (χ0n) is 8.60. The maximum absolute atomic E-state index is 11.6. The number of carbonyl (C=O) groups is 1. The number of sulfone groups is 1. The lowest BCUT2D eigenvalue weighted by Gasteiger charge is -2.04. The molecule has 84 valence electrons. The van der Waals surface area contributed by atoms with E-state index in [9.17, 15) is 13.2 Å². The summed E-state index contributed by atoms with van der Waals surface area (Å²) in [5, 5.41) is 8.85.